The summed E-state index contributed by atoms with van der Waals surface area (Å²) in [5, 5.41) is 8.94. The van der Waals surface area contributed by atoms with Crippen LogP contribution in [-0.4, -0.2) is 65.3 Å². The van der Waals surface area contributed by atoms with Crippen molar-refractivity contribution < 1.29 is 14.7 Å². The number of nitrogens with zero attached hydrogens (tertiary/aromatic N) is 2. The second-order valence-corrected chi connectivity index (χ2v) is 8.29. The molecule has 0 aromatic heterocycles. The van der Waals surface area contributed by atoms with E-state index in [4.69, 9.17) is 5.11 Å². The van der Waals surface area contributed by atoms with Crippen LogP contribution < -0.4 is 0 Å². The van der Waals surface area contributed by atoms with Crippen molar-refractivity contribution in [2.24, 2.45) is 0 Å². The Kier molecular flexibility index (Phi) is 7.97. The number of carboxylic acids is 1. The van der Waals surface area contributed by atoms with Gasteiger partial charge in [-0.2, -0.15) is 0 Å². The number of aliphatic carboxylic acids is 1. The zero-order valence-corrected chi connectivity index (χ0v) is 16.8. The van der Waals surface area contributed by atoms with E-state index >= 15 is 0 Å². The van der Waals surface area contributed by atoms with Crippen LogP contribution in [0.3, 0.4) is 0 Å². The third kappa shape index (κ3) is 6.32. The number of hydrogen-bond donors (Lipinski definition) is 1. The first-order valence-corrected chi connectivity index (χ1v) is 10.2. The first kappa shape index (κ1) is 20.8. The molecule has 5 nitrogen and oxygen atoms in total. The molecule has 1 heterocycles. The van der Waals surface area contributed by atoms with Gasteiger partial charge in [0.15, 0.2) is 0 Å². The average molecular weight is 379 g/mol. The maximum absolute atomic E-state index is 12.5. The van der Waals surface area contributed by atoms with E-state index in [1.54, 1.807) is 11.8 Å². The van der Waals surface area contributed by atoms with E-state index in [1.165, 1.54) is 16.0 Å². The highest BCUT2D eigenvalue weighted by Gasteiger charge is 2.23. The van der Waals surface area contributed by atoms with Crippen LogP contribution in [0.15, 0.2) is 23.1 Å². The Morgan fingerprint density at radius 2 is 2.00 bits per heavy atom. The molecule has 1 N–H and O–H groups in total. The quantitative estimate of drug-likeness (QED) is 0.739. The standard InChI is InChI=1S/C20H30N2O3S/c1-15-6-7-18(13-16(15)2)26-12-9-19(23)22-10-4-5-17(8-11-22)21(3)14-20(24)25/h6-7,13,17H,4-5,8-12,14H2,1-3H3,(H,24,25). The fraction of sp³-hybridized carbons (Fsp3) is 0.600. The van der Waals surface area contributed by atoms with E-state index in [-0.39, 0.29) is 18.5 Å². The maximum Gasteiger partial charge on any atom is 0.317 e. The monoisotopic (exact) mass is 378 g/mol. The summed E-state index contributed by atoms with van der Waals surface area (Å²) < 4.78 is 0. The van der Waals surface area contributed by atoms with Crippen LogP contribution in [-0.2, 0) is 9.59 Å². The molecule has 6 heteroatoms. The third-order valence-corrected chi connectivity index (χ3v) is 6.12. The fourth-order valence-corrected chi connectivity index (χ4v) is 4.27. The normalized spacial score (nSPS) is 18.0. The molecule has 2 rings (SSSR count). The molecule has 1 aliphatic rings. The van der Waals surface area contributed by atoms with E-state index in [0.717, 1.165) is 38.1 Å². The van der Waals surface area contributed by atoms with Crippen LogP contribution in [0.25, 0.3) is 0 Å². The van der Waals surface area contributed by atoms with Crippen LogP contribution in [0.2, 0.25) is 0 Å². The summed E-state index contributed by atoms with van der Waals surface area (Å²) in [5.41, 5.74) is 2.57. The smallest absolute Gasteiger partial charge is 0.317 e. The second-order valence-electron chi connectivity index (χ2n) is 7.12. The van der Waals surface area contributed by atoms with Crippen LogP contribution in [0.4, 0.5) is 0 Å². The van der Waals surface area contributed by atoms with Gasteiger partial charge in [-0.05, 0) is 63.4 Å². The summed E-state index contributed by atoms with van der Waals surface area (Å²) in [7, 11) is 1.86. The molecule has 0 spiro atoms. The Hall–Kier alpha value is -1.53. The van der Waals surface area contributed by atoms with Crippen LogP contribution >= 0.6 is 11.8 Å². The minimum atomic E-state index is -0.798. The summed E-state index contributed by atoms with van der Waals surface area (Å²) in [6.45, 7) is 5.78. The highest BCUT2D eigenvalue weighted by Crippen LogP contribution is 2.22. The molecule has 1 saturated heterocycles. The SMILES string of the molecule is Cc1ccc(SCCC(=O)N2CCCC(N(C)CC(=O)O)CC2)cc1C. The van der Waals surface area contributed by atoms with Gasteiger partial charge in [0.05, 0.1) is 6.54 Å². The molecular weight excluding hydrogens is 348 g/mol. The lowest BCUT2D eigenvalue weighted by Gasteiger charge is -2.25. The van der Waals surface area contributed by atoms with Gasteiger partial charge in [-0.1, -0.05) is 6.07 Å². The summed E-state index contributed by atoms with van der Waals surface area (Å²) in [5.74, 6) is 0.205. The predicted molar refractivity (Wildman–Crippen MR) is 106 cm³/mol. The van der Waals surface area contributed by atoms with Crippen LogP contribution in [0, 0.1) is 13.8 Å². The number of thioether (sulfide) groups is 1. The molecule has 0 radical (unpaired) electrons. The minimum Gasteiger partial charge on any atom is -0.480 e. The molecule has 1 amide bonds. The predicted octanol–water partition coefficient (Wildman–Crippen LogP) is 3.18. The lowest BCUT2D eigenvalue weighted by Crippen LogP contribution is -2.37. The molecular formula is C20H30N2O3S. The number of carbonyl (C=O) groups excluding carboxylic acids is 1. The van der Waals surface area contributed by atoms with Crippen molar-refractivity contribution in [2.45, 2.75) is 50.5 Å². The fourth-order valence-electron chi connectivity index (χ4n) is 3.33. The molecule has 0 bridgehead atoms. The van der Waals surface area contributed by atoms with E-state index in [9.17, 15) is 9.59 Å². The second kappa shape index (κ2) is 9.97. The van der Waals surface area contributed by atoms with Crippen molar-refractivity contribution in [1.82, 2.24) is 9.80 Å². The lowest BCUT2D eigenvalue weighted by molar-refractivity contribution is -0.138. The van der Waals surface area contributed by atoms with E-state index < -0.39 is 5.97 Å². The molecule has 1 unspecified atom stereocenters. The zero-order chi connectivity index (χ0) is 19.1. The number of aryl methyl sites for hydroxylation is 2. The Balaban J connectivity index is 1.77. The van der Waals surface area contributed by atoms with Crippen molar-refractivity contribution in [3.05, 3.63) is 29.3 Å². The number of benzene rings is 1. The Morgan fingerprint density at radius 1 is 1.23 bits per heavy atom. The van der Waals surface area contributed by atoms with Gasteiger partial charge < -0.3 is 10.0 Å². The van der Waals surface area contributed by atoms with Gasteiger partial charge in [-0.25, -0.2) is 0 Å². The van der Waals surface area contributed by atoms with Gasteiger partial charge in [0, 0.05) is 36.2 Å². The molecule has 1 fully saturated rings. The average Bonchev–Trinajstić information content (AvgIpc) is 2.83. The van der Waals surface area contributed by atoms with E-state index in [1.807, 2.05) is 16.8 Å². The van der Waals surface area contributed by atoms with E-state index in [2.05, 4.69) is 32.0 Å². The summed E-state index contributed by atoms with van der Waals surface area (Å²) in [6.07, 6.45) is 3.28. The number of rotatable bonds is 7. The molecule has 1 aliphatic heterocycles. The van der Waals surface area contributed by atoms with Gasteiger partial charge in [-0.3, -0.25) is 14.5 Å². The Morgan fingerprint density at radius 3 is 2.69 bits per heavy atom. The largest absolute Gasteiger partial charge is 0.480 e. The van der Waals surface area contributed by atoms with Crippen molar-refractivity contribution >= 4 is 23.6 Å². The number of likely N-dealkylation sites (tertiary alicyclic amines) is 1. The molecule has 1 atom stereocenters. The Labute approximate surface area is 160 Å². The topological polar surface area (TPSA) is 60.9 Å². The van der Waals surface area contributed by atoms with Gasteiger partial charge in [0.2, 0.25) is 5.91 Å². The van der Waals surface area contributed by atoms with E-state index in [0.29, 0.717) is 6.42 Å². The van der Waals surface area contributed by atoms with Crippen molar-refractivity contribution in [1.29, 1.82) is 0 Å². The highest BCUT2D eigenvalue weighted by atomic mass is 32.2. The summed E-state index contributed by atoms with van der Waals surface area (Å²) in [6, 6.07) is 6.67. The van der Waals surface area contributed by atoms with Gasteiger partial charge in [0.1, 0.15) is 0 Å². The van der Waals surface area contributed by atoms with Gasteiger partial charge in [-0.15, -0.1) is 11.8 Å². The maximum atomic E-state index is 12.5. The molecule has 1 aromatic rings. The first-order chi connectivity index (χ1) is 12.4. The number of carboxylic acid groups (broad SMARTS) is 1. The van der Waals surface area contributed by atoms with Crippen molar-refractivity contribution in [2.75, 3.05) is 32.4 Å². The first-order valence-electron chi connectivity index (χ1n) is 9.26. The van der Waals surface area contributed by atoms with Crippen molar-refractivity contribution in [3.63, 3.8) is 0 Å². The lowest BCUT2D eigenvalue weighted by atomic mass is 10.1. The third-order valence-electron chi connectivity index (χ3n) is 5.12. The summed E-state index contributed by atoms with van der Waals surface area (Å²) >= 11 is 1.73. The molecule has 1 aromatic carbocycles. The molecule has 0 saturated carbocycles. The molecule has 144 valence electrons. The number of likely N-dealkylation sites (N-methyl/N-ethyl adjacent to an activating group) is 1. The van der Waals surface area contributed by atoms with Gasteiger partial charge in [0.25, 0.3) is 0 Å². The molecule has 26 heavy (non-hydrogen) atoms. The number of hydrogen-bond acceptors (Lipinski definition) is 4. The number of amides is 1. The Bertz CT molecular complexity index is 635. The molecule has 0 aliphatic carbocycles. The zero-order valence-electron chi connectivity index (χ0n) is 16.0. The summed E-state index contributed by atoms with van der Waals surface area (Å²) in [4.78, 5) is 28.5. The van der Waals surface area contributed by atoms with Gasteiger partial charge >= 0.3 is 5.97 Å². The highest BCUT2D eigenvalue weighted by molar-refractivity contribution is 7.99. The van der Waals surface area contributed by atoms with Crippen LogP contribution in [0.5, 0.6) is 0 Å². The number of carbonyl (C=O) groups is 2. The van der Waals surface area contributed by atoms with Crippen LogP contribution in [0.1, 0.15) is 36.8 Å². The minimum absolute atomic E-state index is 0.0607. The van der Waals surface area contributed by atoms with Crippen molar-refractivity contribution in [3.8, 4) is 0 Å².